The predicted octanol–water partition coefficient (Wildman–Crippen LogP) is 6.98. The molecule has 0 fully saturated rings. The van der Waals surface area contributed by atoms with Crippen LogP contribution in [0.15, 0.2) is 66.7 Å². The fourth-order valence-corrected chi connectivity index (χ4v) is 3.30. The highest BCUT2D eigenvalue weighted by Crippen LogP contribution is 2.21. The van der Waals surface area contributed by atoms with Crippen molar-refractivity contribution in [3.63, 3.8) is 0 Å². The third-order valence-corrected chi connectivity index (χ3v) is 4.97. The topological polar surface area (TPSA) is 21.3 Å². The summed E-state index contributed by atoms with van der Waals surface area (Å²) in [4.78, 5) is 0. The second-order valence-corrected chi connectivity index (χ2v) is 7.51. The monoisotopic (exact) mass is 455 g/mol. The second kappa shape index (κ2) is 11.5. The lowest BCUT2D eigenvalue weighted by atomic mass is 10.1. The van der Waals surface area contributed by atoms with Gasteiger partial charge in [-0.15, -0.1) is 12.4 Å². The van der Waals surface area contributed by atoms with Gasteiger partial charge in [-0.2, -0.15) is 0 Å². The number of benzene rings is 3. The zero-order valence-electron chi connectivity index (χ0n) is 15.1. The molecule has 6 heteroatoms. The van der Waals surface area contributed by atoms with Crippen LogP contribution >= 0.6 is 47.2 Å². The van der Waals surface area contributed by atoms with Crippen molar-refractivity contribution < 1.29 is 4.74 Å². The minimum atomic E-state index is 0. The second-order valence-electron chi connectivity index (χ2n) is 6.23. The van der Waals surface area contributed by atoms with Crippen molar-refractivity contribution in [3.8, 4) is 5.75 Å². The molecule has 1 N–H and O–H groups in total. The molecule has 0 aliphatic carbocycles. The molecule has 0 aliphatic heterocycles. The van der Waals surface area contributed by atoms with Crippen LogP contribution in [-0.4, -0.2) is 6.54 Å². The van der Waals surface area contributed by atoms with Crippen molar-refractivity contribution in [2.45, 2.75) is 19.6 Å². The fourth-order valence-electron chi connectivity index (χ4n) is 2.67. The molecule has 0 heterocycles. The van der Waals surface area contributed by atoms with Crippen molar-refractivity contribution in [1.29, 1.82) is 0 Å². The summed E-state index contributed by atoms with van der Waals surface area (Å²) >= 11 is 18.0. The van der Waals surface area contributed by atoms with Gasteiger partial charge in [-0.1, -0.05) is 65.1 Å². The summed E-state index contributed by atoms with van der Waals surface area (Å²) in [6, 6.07) is 21.4. The number of nitrogens with one attached hydrogen (secondary N) is 1. The van der Waals surface area contributed by atoms with E-state index in [0.29, 0.717) is 16.7 Å². The van der Waals surface area contributed by atoms with E-state index in [-0.39, 0.29) is 12.4 Å². The summed E-state index contributed by atoms with van der Waals surface area (Å²) < 4.78 is 5.87. The Kier molecular flexibility index (Phi) is 9.43. The van der Waals surface area contributed by atoms with E-state index < -0.39 is 0 Å². The van der Waals surface area contributed by atoms with Crippen molar-refractivity contribution in [1.82, 2.24) is 5.32 Å². The zero-order valence-corrected chi connectivity index (χ0v) is 18.2. The minimum absolute atomic E-state index is 0. The maximum Gasteiger partial charge on any atom is 0.120 e. The Morgan fingerprint density at radius 1 is 0.786 bits per heavy atom. The summed E-state index contributed by atoms with van der Waals surface area (Å²) in [6.07, 6.45) is 0.850. The molecule has 28 heavy (non-hydrogen) atoms. The van der Waals surface area contributed by atoms with Gasteiger partial charge in [-0.05, 0) is 66.1 Å². The zero-order chi connectivity index (χ0) is 19.1. The molecule has 0 saturated carbocycles. The van der Waals surface area contributed by atoms with Crippen molar-refractivity contribution in [3.05, 3.63) is 98.5 Å². The first kappa shape index (κ1) is 22.9. The molecule has 0 amide bonds. The lowest BCUT2D eigenvalue weighted by Gasteiger charge is -2.10. The Bertz CT molecular complexity index is 884. The SMILES string of the molecule is Cl.Clc1ccc(COc2cccc(CNCCc3ccc(Cl)cc3Cl)c2)cc1. The lowest BCUT2D eigenvalue weighted by molar-refractivity contribution is 0.306. The maximum atomic E-state index is 6.20. The number of hydrogen-bond donors (Lipinski definition) is 1. The Morgan fingerprint density at radius 2 is 1.54 bits per heavy atom. The average Bonchev–Trinajstić information content (AvgIpc) is 2.66. The van der Waals surface area contributed by atoms with E-state index in [9.17, 15) is 0 Å². The van der Waals surface area contributed by atoms with E-state index in [1.807, 2.05) is 48.5 Å². The maximum absolute atomic E-state index is 6.20. The molecule has 3 aromatic carbocycles. The Morgan fingerprint density at radius 3 is 2.29 bits per heavy atom. The van der Waals surface area contributed by atoms with E-state index >= 15 is 0 Å². The summed E-state index contributed by atoms with van der Waals surface area (Å²) in [5.74, 6) is 0.852. The van der Waals surface area contributed by atoms with Crippen LogP contribution in [0.25, 0.3) is 0 Å². The van der Waals surface area contributed by atoms with Crippen LogP contribution in [0.4, 0.5) is 0 Å². The molecule has 148 valence electrons. The summed E-state index contributed by atoms with van der Waals surface area (Å²) in [7, 11) is 0. The molecule has 0 bridgehead atoms. The van der Waals surface area contributed by atoms with E-state index in [0.717, 1.165) is 41.4 Å². The van der Waals surface area contributed by atoms with E-state index in [2.05, 4.69) is 17.4 Å². The van der Waals surface area contributed by atoms with Gasteiger partial charge in [0.15, 0.2) is 0 Å². The van der Waals surface area contributed by atoms with Crippen molar-refractivity contribution in [2.75, 3.05) is 6.54 Å². The molecule has 3 rings (SSSR count). The van der Waals surface area contributed by atoms with Crippen LogP contribution in [0.5, 0.6) is 5.75 Å². The summed E-state index contributed by atoms with van der Waals surface area (Å²) in [6.45, 7) is 2.11. The quantitative estimate of drug-likeness (QED) is 0.369. The Labute approximate surface area is 187 Å². The summed E-state index contributed by atoms with van der Waals surface area (Å²) in [5.41, 5.74) is 3.35. The van der Waals surface area contributed by atoms with Gasteiger partial charge in [0.05, 0.1) is 0 Å². The van der Waals surface area contributed by atoms with Gasteiger partial charge in [-0.25, -0.2) is 0 Å². The minimum Gasteiger partial charge on any atom is -0.489 e. The normalized spacial score (nSPS) is 10.4. The molecule has 0 aliphatic rings. The van der Waals surface area contributed by atoms with Crippen LogP contribution in [0.3, 0.4) is 0 Å². The first-order valence-corrected chi connectivity index (χ1v) is 9.84. The van der Waals surface area contributed by atoms with Gasteiger partial charge in [0.25, 0.3) is 0 Å². The predicted molar refractivity (Wildman–Crippen MR) is 121 cm³/mol. The fraction of sp³-hybridized carbons (Fsp3) is 0.182. The first-order valence-electron chi connectivity index (χ1n) is 8.71. The number of hydrogen-bond acceptors (Lipinski definition) is 2. The van der Waals surface area contributed by atoms with Crippen LogP contribution in [0, 0.1) is 0 Å². The van der Waals surface area contributed by atoms with Crippen LogP contribution in [0.1, 0.15) is 16.7 Å². The molecular weight excluding hydrogens is 436 g/mol. The van der Waals surface area contributed by atoms with Crippen LogP contribution in [0.2, 0.25) is 15.1 Å². The molecule has 3 aromatic rings. The van der Waals surface area contributed by atoms with Crippen LogP contribution in [-0.2, 0) is 19.6 Å². The highest BCUT2D eigenvalue weighted by molar-refractivity contribution is 6.35. The van der Waals surface area contributed by atoms with Gasteiger partial charge in [-0.3, -0.25) is 0 Å². The average molecular weight is 457 g/mol. The third-order valence-electron chi connectivity index (χ3n) is 4.13. The van der Waals surface area contributed by atoms with Crippen molar-refractivity contribution >= 4 is 47.2 Å². The Hall–Kier alpha value is -1.42. The highest BCUT2D eigenvalue weighted by Gasteiger charge is 2.02. The smallest absolute Gasteiger partial charge is 0.120 e. The van der Waals surface area contributed by atoms with Gasteiger partial charge in [0, 0.05) is 21.6 Å². The van der Waals surface area contributed by atoms with Gasteiger partial charge < -0.3 is 10.1 Å². The van der Waals surface area contributed by atoms with Crippen LogP contribution < -0.4 is 10.1 Å². The van der Waals surface area contributed by atoms with Crippen molar-refractivity contribution in [2.24, 2.45) is 0 Å². The molecule has 0 atom stereocenters. The Balaban J connectivity index is 0.00000280. The van der Waals surface area contributed by atoms with Gasteiger partial charge in [0.1, 0.15) is 12.4 Å². The number of ether oxygens (including phenoxy) is 1. The molecule has 0 aromatic heterocycles. The highest BCUT2D eigenvalue weighted by atomic mass is 35.5. The number of rotatable bonds is 8. The molecule has 0 saturated heterocycles. The standard InChI is InChI=1S/C22H20Cl3NO.ClH/c23-19-7-4-16(5-8-19)15-27-21-3-1-2-17(12-21)14-26-11-10-18-6-9-20(24)13-22(18)25;/h1-9,12-13,26H,10-11,14-15H2;1H. The lowest BCUT2D eigenvalue weighted by Crippen LogP contribution is -2.16. The number of halogens is 4. The van der Waals surface area contributed by atoms with E-state index in [1.54, 1.807) is 6.07 Å². The molecular formula is C22H21Cl4NO. The molecule has 0 spiro atoms. The molecule has 2 nitrogen and oxygen atoms in total. The largest absolute Gasteiger partial charge is 0.489 e. The van der Waals surface area contributed by atoms with E-state index in [1.165, 1.54) is 5.56 Å². The summed E-state index contributed by atoms with van der Waals surface area (Å²) in [5, 5.41) is 5.54. The van der Waals surface area contributed by atoms with Gasteiger partial charge in [0.2, 0.25) is 0 Å². The van der Waals surface area contributed by atoms with Gasteiger partial charge >= 0.3 is 0 Å². The van der Waals surface area contributed by atoms with E-state index in [4.69, 9.17) is 39.5 Å². The first-order chi connectivity index (χ1) is 13.1. The third kappa shape index (κ3) is 7.20. The molecule has 0 unspecified atom stereocenters. The molecule has 0 radical (unpaired) electrons.